The molecule has 1 fully saturated rings. The molecule has 0 bridgehead atoms. The van der Waals surface area contributed by atoms with E-state index in [0.717, 1.165) is 18.9 Å². The molecule has 1 aromatic rings. The Hall–Kier alpha value is -1.09. The van der Waals surface area contributed by atoms with E-state index in [0.29, 0.717) is 6.54 Å². The SMILES string of the molecule is CCCC1CCN(c2nc3c(cc2CN)CCC3)C1. The highest BCUT2D eigenvalue weighted by Gasteiger charge is 2.26. The van der Waals surface area contributed by atoms with E-state index in [-0.39, 0.29) is 0 Å². The van der Waals surface area contributed by atoms with E-state index in [4.69, 9.17) is 10.7 Å². The van der Waals surface area contributed by atoms with Crippen LogP contribution in [0.3, 0.4) is 0 Å². The summed E-state index contributed by atoms with van der Waals surface area (Å²) in [4.78, 5) is 7.42. The van der Waals surface area contributed by atoms with Crippen molar-refractivity contribution in [1.82, 2.24) is 4.98 Å². The van der Waals surface area contributed by atoms with E-state index in [2.05, 4.69) is 17.9 Å². The molecule has 1 aliphatic heterocycles. The molecular weight excluding hydrogens is 234 g/mol. The maximum Gasteiger partial charge on any atom is 0.133 e. The highest BCUT2D eigenvalue weighted by atomic mass is 15.2. The Labute approximate surface area is 116 Å². The molecule has 1 saturated heterocycles. The van der Waals surface area contributed by atoms with Crippen molar-refractivity contribution in [2.75, 3.05) is 18.0 Å². The number of nitrogens with two attached hydrogens (primary N) is 1. The number of hydrogen-bond acceptors (Lipinski definition) is 3. The highest BCUT2D eigenvalue weighted by Crippen LogP contribution is 2.31. The van der Waals surface area contributed by atoms with Gasteiger partial charge in [0, 0.05) is 30.9 Å². The van der Waals surface area contributed by atoms with Crippen LogP contribution in [0.15, 0.2) is 6.07 Å². The van der Waals surface area contributed by atoms with Crippen molar-refractivity contribution in [3.8, 4) is 0 Å². The van der Waals surface area contributed by atoms with Crippen LogP contribution in [0.5, 0.6) is 0 Å². The van der Waals surface area contributed by atoms with Gasteiger partial charge in [-0.3, -0.25) is 0 Å². The van der Waals surface area contributed by atoms with Gasteiger partial charge in [-0.05, 0) is 49.7 Å². The highest BCUT2D eigenvalue weighted by molar-refractivity contribution is 5.51. The minimum Gasteiger partial charge on any atom is -0.356 e. The van der Waals surface area contributed by atoms with Crippen LogP contribution in [0.4, 0.5) is 5.82 Å². The molecule has 0 aromatic carbocycles. The fraction of sp³-hybridized carbons (Fsp3) is 0.688. The third-order valence-corrected chi connectivity index (χ3v) is 4.61. The van der Waals surface area contributed by atoms with Gasteiger partial charge in [0.2, 0.25) is 0 Å². The standard InChI is InChI=1S/C16H25N3/c1-2-4-12-7-8-19(11-12)16-14(10-17)9-13-5-3-6-15(13)18-16/h9,12H,2-8,10-11,17H2,1H3. The Morgan fingerprint density at radius 3 is 3.11 bits per heavy atom. The van der Waals surface area contributed by atoms with E-state index >= 15 is 0 Å². The summed E-state index contributed by atoms with van der Waals surface area (Å²) in [6.07, 6.45) is 7.55. The monoisotopic (exact) mass is 259 g/mol. The van der Waals surface area contributed by atoms with Gasteiger partial charge in [0.15, 0.2) is 0 Å². The molecule has 1 aromatic heterocycles. The second-order valence-electron chi connectivity index (χ2n) is 6.02. The summed E-state index contributed by atoms with van der Waals surface area (Å²) in [6, 6.07) is 2.32. The van der Waals surface area contributed by atoms with Crippen molar-refractivity contribution in [2.24, 2.45) is 11.7 Å². The lowest BCUT2D eigenvalue weighted by atomic mass is 10.0. The zero-order valence-electron chi connectivity index (χ0n) is 12.0. The fourth-order valence-electron chi connectivity index (χ4n) is 3.60. The van der Waals surface area contributed by atoms with Crippen LogP contribution in [0.1, 0.15) is 49.4 Å². The molecule has 1 aliphatic carbocycles. The summed E-state index contributed by atoms with van der Waals surface area (Å²) < 4.78 is 0. The average Bonchev–Trinajstić information content (AvgIpc) is 3.05. The maximum absolute atomic E-state index is 5.94. The molecule has 2 aliphatic rings. The van der Waals surface area contributed by atoms with Crippen LogP contribution in [-0.4, -0.2) is 18.1 Å². The van der Waals surface area contributed by atoms with E-state index < -0.39 is 0 Å². The lowest BCUT2D eigenvalue weighted by molar-refractivity contribution is 0.529. The molecule has 0 radical (unpaired) electrons. The molecule has 2 heterocycles. The molecular formula is C16H25N3. The number of fused-ring (bicyclic) bond motifs is 1. The number of aryl methyl sites for hydroxylation is 2. The number of pyridine rings is 1. The van der Waals surface area contributed by atoms with Crippen LogP contribution < -0.4 is 10.6 Å². The van der Waals surface area contributed by atoms with E-state index in [1.807, 2.05) is 0 Å². The second kappa shape index (κ2) is 5.49. The zero-order valence-corrected chi connectivity index (χ0v) is 12.0. The van der Waals surface area contributed by atoms with Gasteiger partial charge in [-0.2, -0.15) is 0 Å². The van der Waals surface area contributed by atoms with Crippen molar-refractivity contribution < 1.29 is 0 Å². The van der Waals surface area contributed by atoms with E-state index in [1.54, 1.807) is 0 Å². The molecule has 3 heteroatoms. The van der Waals surface area contributed by atoms with Crippen LogP contribution in [0.2, 0.25) is 0 Å². The molecule has 1 unspecified atom stereocenters. The molecule has 3 nitrogen and oxygen atoms in total. The molecule has 19 heavy (non-hydrogen) atoms. The largest absolute Gasteiger partial charge is 0.356 e. The molecule has 0 spiro atoms. The van der Waals surface area contributed by atoms with Gasteiger partial charge >= 0.3 is 0 Å². The smallest absolute Gasteiger partial charge is 0.133 e. The van der Waals surface area contributed by atoms with Gasteiger partial charge in [0.05, 0.1) is 0 Å². The summed E-state index contributed by atoms with van der Waals surface area (Å²) in [6.45, 7) is 5.22. The summed E-state index contributed by atoms with van der Waals surface area (Å²) in [7, 11) is 0. The summed E-state index contributed by atoms with van der Waals surface area (Å²) in [5.41, 5.74) is 9.95. The first-order chi connectivity index (χ1) is 9.31. The Morgan fingerprint density at radius 1 is 1.42 bits per heavy atom. The first-order valence-corrected chi connectivity index (χ1v) is 7.78. The fourth-order valence-corrected chi connectivity index (χ4v) is 3.60. The Bertz CT molecular complexity index is 456. The van der Waals surface area contributed by atoms with Gasteiger partial charge in [-0.25, -0.2) is 4.98 Å². The van der Waals surface area contributed by atoms with Crippen molar-refractivity contribution in [3.63, 3.8) is 0 Å². The third-order valence-electron chi connectivity index (χ3n) is 4.61. The van der Waals surface area contributed by atoms with Gasteiger partial charge in [0.1, 0.15) is 5.82 Å². The quantitative estimate of drug-likeness (QED) is 0.904. The first kappa shape index (κ1) is 12.9. The maximum atomic E-state index is 5.94. The van der Waals surface area contributed by atoms with Gasteiger partial charge in [-0.1, -0.05) is 13.3 Å². The molecule has 1 atom stereocenters. The van der Waals surface area contributed by atoms with Crippen molar-refractivity contribution in [1.29, 1.82) is 0 Å². The normalized spacial score (nSPS) is 22.0. The average molecular weight is 259 g/mol. The van der Waals surface area contributed by atoms with Gasteiger partial charge in [0.25, 0.3) is 0 Å². The summed E-state index contributed by atoms with van der Waals surface area (Å²) >= 11 is 0. The number of nitrogens with zero attached hydrogens (tertiary/aromatic N) is 2. The van der Waals surface area contributed by atoms with Crippen molar-refractivity contribution in [3.05, 3.63) is 22.9 Å². The number of rotatable bonds is 4. The molecule has 0 amide bonds. The second-order valence-corrected chi connectivity index (χ2v) is 6.02. The topological polar surface area (TPSA) is 42.2 Å². The number of aromatic nitrogens is 1. The lowest BCUT2D eigenvalue weighted by Gasteiger charge is -2.21. The lowest BCUT2D eigenvalue weighted by Crippen LogP contribution is -2.23. The molecule has 3 rings (SSSR count). The van der Waals surface area contributed by atoms with E-state index in [9.17, 15) is 0 Å². The molecule has 104 valence electrons. The zero-order chi connectivity index (χ0) is 13.2. The first-order valence-electron chi connectivity index (χ1n) is 7.78. The van der Waals surface area contributed by atoms with Crippen molar-refractivity contribution >= 4 is 5.82 Å². The minimum absolute atomic E-state index is 0.616. The number of anilines is 1. The van der Waals surface area contributed by atoms with Crippen LogP contribution in [0, 0.1) is 5.92 Å². The Morgan fingerprint density at radius 2 is 2.32 bits per heavy atom. The summed E-state index contributed by atoms with van der Waals surface area (Å²) in [5.74, 6) is 2.03. The molecule has 0 saturated carbocycles. The van der Waals surface area contributed by atoms with Gasteiger partial charge < -0.3 is 10.6 Å². The number of hydrogen-bond donors (Lipinski definition) is 1. The Balaban J connectivity index is 1.84. The van der Waals surface area contributed by atoms with E-state index in [1.165, 1.54) is 61.3 Å². The Kier molecular flexibility index (Phi) is 3.74. The van der Waals surface area contributed by atoms with Crippen LogP contribution in [-0.2, 0) is 19.4 Å². The van der Waals surface area contributed by atoms with Crippen LogP contribution >= 0.6 is 0 Å². The third kappa shape index (κ3) is 2.48. The van der Waals surface area contributed by atoms with Crippen LogP contribution in [0.25, 0.3) is 0 Å². The van der Waals surface area contributed by atoms with Crippen molar-refractivity contribution in [2.45, 2.75) is 52.0 Å². The predicted octanol–water partition coefficient (Wildman–Crippen LogP) is 2.66. The molecule has 2 N–H and O–H groups in total. The summed E-state index contributed by atoms with van der Waals surface area (Å²) in [5, 5.41) is 0. The van der Waals surface area contributed by atoms with Gasteiger partial charge in [-0.15, -0.1) is 0 Å². The minimum atomic E-state index is 0.616. The predicted molar refractivity (Wildman–Crippen MR) is 79.4 cm³/mol.